The fraction of sp³-hybridized carbons (Fsp3) is 0.857. The van der Waals surface area contributed by atoms with Crippen molar-refractivity contribution in [2.45, 2.75) is 33.3 Å². The topological polar surface area (TPSA) is 37.3 Å². The van der Waals surface area contributed by atoms with E-state index >= 15 is 0 Å². The summed E-state index contributed by atoms with van der Waals surface area (Å²) in [4.78, 5) is 10.8. The summed E-state index contributed by atoms with van der Waals surface area (Å²) in [6.07, 6.45) is 0.0175. The van der Waals surface area contributed by atoms with E-state index in [2.05, 4.69) is 0 Å². The Hall–Kier alpha value is -0.370. The van der Waals surface area contributed by atoms with Crippen LogP contribution in [-0.2, 0) is 4.79 Å². The number of Topliss-reactive ketones (excluding diaryl/α,β-unsaturated/α-hetero) is 1. The van der Waals surface area contributed by atoms with Crippen molar-refractivity contribution in [2.24, 2.45) is 5.92 Å². The van der Waals surface area contributed by atoms with Crippen LogP contribution in [0.5, 0.6) is 0 Å². The summed E-state index contributed by atoms with van der Waals surface area (Å²) >= 11 is 0. The maximum Gasteiger partial charge on any atom is 0.137 e. The van der Waals surface area contributed by atoms with Gasteiger partial charge in [0.2, 0.25) is 0 Å². The summed E-state index contributed by atoms with van der Waals surface area (Å²) in [6.45, 7) is 5.19. The molecule has 0 saturated carbocycles. The SMILES string of the molecule is CCC(=O)C(C)C(C)O. The van der Waals surface area contributed by atoms with E-state index in [0.29, 0.717) is 6.42 Å². The van der Waals surface area contributed by atoms with E-state index in [9.17, 15) is 4.79 Å². The van der Waals surface area contributed by atoms with Gasteiger partial charge in [0.1, 0.15) is 5.78 Å². The van der Waals surface area contributed by atoms with Gasteiger partial charge < -0.3 is 5.11 Å². The number of hydrogen-bond donors (Lipinski definition) is 1. The Morgan fingerprint density at radius 3 is 2.11 bits per heavy atom. The molecular formula is C7H14O2. The quantitative estimate of drug-likeness (QED) is 0.618. The molecule has 2 unspecified atom stereocenters. The van der Waals surface area contributed by atoms with Gasteiger partial charge >= 0.3 is 0 Å². The van der Waals surface area contributed by atoms with E-state index in [1.54, 1.807) is 20.8 Å². The molecule has 9 heavy (non-hydrogen) atoms. The molecule has 0 rings (SSSR count). The van der Waals surface area contributed by atoms with E-state index < -0.39 is 6.10 Å². The zero-order chi connectivity index (χ0) is 7.44. The standard InChI is InChI=1S/C7H14O2/c1-4-7(9)5(2)6(3)8/h5-6,8H,4H2,1-3H3. The van der Waals surface area contributed by atoms with Crippen LogP contribution in [0.2, 0.25) is 0 Å². The predicted octanol–water partition coefficient (Wildman–Crippen LogP) is 0.982. The summed E-state index contributed by atoms with van der Waals surface area (Å²) in [5.74, 6) is -0.0694. The summed E-state index contributed by atoms with van der Waals surface area (Å²) in [6, 6.07) is 0. The molecule has 0 amide bonds. The largest absolute Gasteiger partial charge is 0.393 e. The first-order valence-electron chi connectivity index (χ1n) is 3.30. The Bertz CT molecular complexity index is 97.1. The summed E-state index contributed by atoms with van der Waals surface area (Å²) in [7, 11) is 0. The van der Waals surface area contributed by atoms with Crippen molar-refractivity contribution in [1.82, 2.24) is 0 Å². The van der Waals surface area contributed by atoms with Crippen molar-refractivity contribution in [3.8, 4) is 0 Å². The average Bonchev–Trinajstić information content (AvgIpc) is 1.84. The maximum absolute atomic E-state index is 10.8. The Balaban J connectivity index is 3.72. The third kappa shape index (κ3) is 2.61. The normalized spacial score (nSPS) is 16.9. The zero-order valence-corrected chi connectivity index (χ0v) is 6.22. The molecule has 0 aromatic heterocycles. The van der Waals surface area contributed by atoms with E-state index in [0.717, 1.165) is 0 Å². The highest BCUT2D eigenvalue weighted by atomic mass is 16.3. The lowest BCUT2D eigenvalue weighted by molar-refractivity contribution is -0.124. The second-order valence-electron chi connectivity index (χ2n) is 2.35. The van der Waals surface area contributed by atoms with Crippen molar-refractivity contribution < 1.29 is 9.90 Å². The van der Waals surface area contributed by atoms with Crippen LogP contribution in [0.3, 0.4) is 0 Å². The lowest BCUT2D eigenvalue weighted by Gasteiger charge is -2.10. The molecule has 0 spiro atoms. The first-order valence-corrected chi connectivity index (χ1v) is 3.30. The second kappa shape index (κ2) is 3.62. The first kappa shape index (κ1) is 8.63. The lowest BCUT2D eigenvalue weighted by Crippen LogP contribution is -2.21. The highest BCUT2D eigenvalue weighted by Gasteiger charge is 2.15. The molecule has 0 aliphatic rings. The maximum atomic E-state index is 10.8. The molecule has 2 atom stereocenters. The molecule has 0 aromatic rings. The number of carbonyl (C=O) groups excluding carboxylic acids is 1. The Morgan fingerprint density at radius 1 is 1.56 bits per heavy atom. The zero-order valence-electron chi connectivity index (χ0n) is 6.22. The van der Waals surface area contributed by atoms with Crippen molar-refractivity contribution in [1.29, 1.82) is 0 Å². The van der Waals surface area contributed by atoms with Gasteiger partial charge in [-0.25, -0.2) is 0 Å². The van der Waals surface area contributed by atoms with Crippen LogP contribution < -0.4 is 0 Å². The minimum absolute atomic E-state index is 0.130. The molecule has 54 valence electrons. The van der Waals surface area contributed by atoms with Crippen LogP contribution in [0.4, 0.5) is 0 Å². The van der Waals surface area contributed by atoms with Crippen LogP contribution in [0, 0.1) is 5.92 Å². The Labute approximate surface area is 55.9 Å². The van der Waals surface area contributed by atoms with E-state index in [-0.39, 0.29) is 11.7 Å². The van der Waals surface area contributed by atoms with Crippen molar-refractivity contribution >= 4 is 5.78 Å². The molecule has 0 bridgehead atoms. The molecule has 0 heterocycles. The van der Waals surface area contributed by atoms with E-state index in [1.165, 1.54) is 0 Å². The van der Waals surface area contributed by atoms with Gasteiger partial charge in [-0.3, -0.25) is 4.79 Å². The summed E-state index contributed by atoms with van der Waals surface area (Å²) in [5.41, 5.74) is 0. The first-order chi connectivity index (χ1) is 4.09. The predicted molar refractivity (Wildman–Crippen MR) is 36.1 cm³/mol. The van der Waals surface area contributed by atoms with Crippen molar-refractivity contribution in [3.05, 3.63) is 0 Å². The molecule has 0 radical (unpaired) electrons. The Morgan fingerprint density at radius 2 is 2.00 bits per heavy atom. The van der Waals surface area contributed by atoms with Crippen LogP contribution in [0.15, 0.2) is 0 Å². The van der Waals surface area contributed by atoms with Gasteiger partial charge in [-0.15, -0.1) is 0 Å². The van der Waals surface area contributed by atoms with Gasteiger partial charge in [0.05, 0.1) is 6.10 Å². The second-order valence-corrected chi connectivity index (χ2v) is 2.35. The number of hydrogen-bond acceptors (Lipinski definition) is 2. The van der Waals surface area contributed by atoms with Gasteiger partial charge in [0.15, 0.2) is 0 Å². The smallest absolute Gasteiger partial charge is 0.137 e. The van der Waals surface area contributed by atoms with Crippen molar-refractivity contribution in [3.63, 3.8) is 0 Å². The highest BCUT2D eigenvalue weighted by molar-refractivity contribution is 5.80. The summed E-state index contributed by atoms with van der Waals surface area (Å²) < 4.78 is 0. The average molecular weight is 130 g/mol. The molecule has 0 fully saturated rings. The molecule has 2 heteroatoms. The molecule has 2 nitrogen and oxygen atoms in total. The summed E-state index contributed by atoms with van der Waals surface area (Å²) in [5, 5.41) is 8.90. The van der Waals surface area contributed by atoms with Crippen molar-refractivity contribution in [2.75, 3.05) is 0 Å². The number of carbonyl (C=O) groups is 1. The minimum atomic E-state index is -0.502. The molecule has 0 saturated heterocycles. The molecular weight excluding hydrogens is 116 g/mol. The number of aliphatic hydroxyl groups excluding tert-OH is 1. The molecule has 0 aliphatic carbocycles. The van der Waals surface area contributed by atoms with Crippen LogP contribution >= 0.6 is 0 Å². The Kier molecular flexibility index (Phi) is 3.47. The minimum Gasteiger partial charge on any atom is -0.393 e. The highest BCUT2D eigenvalue weighted by Crippen LogP contribution is 2.04. The monoisotopic (exact) mass is 130 g/mol. The van der Waals surface area contributed by atoms with Gasteiger partial charge in [-0.2, -0.15) is 0 Å². The van der Waals surface area contributed by atoms with Crippen LogP contribution in [0.1, 0.15) is 27.2 Å². The molecule has 0 aliphatic heterocycles. The van der Waals surface area contributed by atoms with Crippen LogP contribution in [0.25, 0.3) is 0 Å². The van der Waals surface area contributed by atoms with Gasteiger partial charge in [0.25, 0.3) is 0 Å². The lowest BCUT2D eigenvalue weighted by atomic mass is 9.99. The number of aliphatic hydroxyl groups is 1. The number of ketones is 1. The third-order valence-electron chi connectivity index (χ3n) is 1.58. The van der Waals surface area contributed by atoms with Crippen LogP contribution in [-0.4, -0.2) is 17.0 Å². The molecule has 1 N–H and O–H groups in total. The fourth-order valence-corrected chi connectivity index (χ4v) is 0.591. The molecule has 0 aromatic carbocycles. The van der Waals surface area contributed by atoms with E-state index in [4.69, 9.17) is 5.11 Å². The number of rotatable bonds is 3. The van der Waals surface area contributed by atoms with Gasteiger partial charge in [-0.05, 0) is 6.92 Å². The fourth-order valence-electron chi connectivity index (χ4n) is 0.591. The third-order valence-corrected chi connectivity index (χ3v) is 1.58. The van der Waals surface area contributed by atoms with E-state index in [1.807, 2.05) is 0 Å². The van der Waals surface area contributed by atoms with Gasteiger partial charge in [0, 0.05) is 12.3 Å². The van der Waals surface area contributed by atoms with Gasteiger partial charge in [-0.1, -0.05) is 13.8 Å².